The number of rotatable bonds is 4. The van der Waals surface area contributed by atoms with Crippen LogP contribution in [0.2, 0.25) is 0 Å². The highest BCUT2D eigenvalue weighted by molar-refractivity contribution is 5.08. The van der Waals surface area contributed by atoms with E-state index in [4.69, 9.17) is 0 Å². The van der Waals surface area contributed by atoms with Gasteiger partial charge in [-0.2, -0.15) is 0 Å². The summed E-state index contributed by atoms with van der Waals surface area (Å²) in [6, 6.07) is 0. The lowest BCUT2D eigenvalue weighted by Crippen LogP contribution is -2.26. The minimum atomic E-state index is 0.872. The van der Waals surface area contributed by atoms with Crippen molar-refractivity contribution in [2.45, 2.75) is 79.1 Å². The molecule has 1 saturated carbocycles. The van der Waals surface area contributed by atoms with Crippen LogP contribution < -0.4 is 0 Å². The van der Waals surface area contributed by atoms with Crippen LogP contribution in [0.4, 0.5) is 0 Å². The Hall–Kier alpha value is -0.260. The summed E-state index contributed by atoms with van der Waals surface area (Å²) in [7, 11) is 0. The summed E-state index contributed by atoms with van der Waals surface area (Å²) in [5.41, 5.74) is 1.65. The summed E-state index contributed by atoms with van der Waals surface area (Å²) in [6.45, 7) is 9.62. The van der Waals surface area contributed by atoms with Gasteiger partial charge in [0, 0.05) is 0 Å². The first kappa shape index (κ1) is 15.1. The molecule has 0 amide bonds. The minimum Gasteiger partial charge on any atom is -0.0822 e. The van der Waals surface area contributed by atoms with Gasteiger partial charge < -0.3 is 0 Å². The predicted molar refractivity (Wildman–Crippen MR) is 85.2 cm³/mol. The van der Waals surface area contributed by atoms with E-state index in [9.17, 15) is 0 Å². The van der Waals surface area contributed by atoms with Gasteiger partial charge in [0.1, 0.15) is 0 Å². The average Bonchev–Trinajstić information content (AvgIpc) is 2.38. The second kappa shape index (κ2) is 6.95. The zero-order valence-corrected chi connectivity index (χ0v) is 13.6. The van der Waals surface area contributed by atoms with Gasteiger partial charge in [-0.05, 0) is 49.4 Å². The van der Waals surface area contributed by atoms with Gasteiger partial charge in [-0.25, -0.2) is 0 Å². The summed E-state index contributed by atoms with van der Waals surface area (Å²) in [5.74, 6) is 4.75. The van der Waals surface area contributed by atoms with E-state index in [1.54, 1.807) is 5.57 Å². The molecule has 0 aromatic rings. The third-order valence-corrected chi connectivity index (χ3v) is 5.98. The van der Waals surface area contributed by atoms with Crippen LogP contribution in [-0.4, -0.2) is 0 Å². The molecule has 0 nitrogen and oxygen atoms in total. The molecule has 0 heterocycles. The second-order valence-corrected chi connectivity index (χ2v) is 7.63. The van der Waals surface area contributed by atoms with Crippen LogP contribution in [0.5, 0.6) is 0 Å². The molecule has 2 rings (SSSR count). The van der Waals surface area contributed by atoms with Gasteiger partial charge in [0.25, 0.3) is 0 Å². The second-order valence-electron chi connectivity index (χ2n) is 7.63. The summed E-state index contributed by atoms with van der Waals surface area (Å²) >= 11 is 0. The molecule has 2 aliphatic carbocycles. The van der Waals surface area contributed by atoms with Gasteiger partial charge in [-0.1, -0.05) is 70.9 Å². The summed E-state index contributed by atoms with van der Waals surface area (Å²) in [5, 5.41) is 0. The molecule has 1 fully saturated rings. The smallest absolute Gasteiger partial charge is 0.0200 e. The zero-order valence-electron chi connectivity index (χ0n) is 13.6. The molecular weight excluding hydrogens is 228 g/mol. The van der Waals surface area contributed by atoms with E-state index >= 15 is 0 Å². The lowest BCUT2D eigenvalue weighted by Gasteiger charge is -2.36. The van der Waals surface area contributed by atoms with E-state index in [-0.39, 0.29) is 0 Å². The van der Waals surface area contributed by atoms with Crippen LogP contribution in [-0.2, 0) is 0 Å². The molecule has 0 aromatic carbocycles. The maximum absolute atomic E-state index is 2.61. The molecule has 0 radical (unpaired) electrons. The fourth-order valence-electron chi connectivity index (χ4n) is 4.53. The largest absolute Gasteiger partial charge is 0.0822 e. The molecule has 2 aliphatic rings. The van der Waals surface area contributed by atoms with E-state index in [1.165, 1.54) is 51.4 Å². The molecule has 110 valence electrons. The van der Waals surface area contributed by atoms with Crippen molar-refractivity contribution in [3.63, 3.8) is 0 Å². The Morgan fingerprint density at radius 1 is 1.05 bits per heavy atom. The van der Waals surface area contributed by atoms with E-state index in [1.807, 2.05) is 0 Å². The number of hydrogen-bond acceptors (Lipinski definition) is 0. The number of hydrogen-bond donors (Lipinski definition) is 0. The third-order valence-electron chi connectivity index (χ3n) is 5.98. The Bertz CT molecular complexity index is 293. The van der Waals surface area contributed by atoms with Crippen molar-refractivity contribution in [3.05, 3.63) is 11.6 Å². The molecule has 0 spiro atoms. The summed E-state index contributed by atoms with van der Waals surface area (Å²) in [6.07, 6.45) is 14.3. The van der Waals surface area contributed by atoms with Crippen molar-refractivity contribution in [2.75, 3.05) is 0 Å². The van der Waals surface area contributed by atoms with Crippen molar-refractivity contribution in [2.24, 2.45) is 29.6 Å². The predicted octanol–water partition coefficient (Wildman–Crippen LogP) is 6.22. The van der Waals surface area contributed by atoms with Gasteiger partial charge in [0.2, 0.25) is 0 Å². The van der Waals surface area contributed by atoms with Crippen LogP contribution in [0.15, 0.2) is 11.6 Å². The molecule has 0 saturated heterocycles. The summed E-state index contributed by atoms with van der Waals surface area (Å²) < 4.78 is 0. The molecule has 1 unspecified atom stereocenters. The fraction of sp³-hybridized carbons (Fsp3) is 0.895. The van der Waals surface area contributed by atoms with Crippen LogP contribution in [0.1, 0.15) is 79.1 Å². The average molecular weight is 262 g/mol. The number of allylic oxidation sites excluding steroid dienone is 2. The van der Waals surface area contributed by atoms with E-state index in [0.717, 1.165) is 29.6 Å². The molecule has 0 heteroatoms. The van der Waals surface area contributed by atoms with E-state index < -0.39 is 0 Å². The normalized spacial score (nSPS) is 40.0. The van der Waals surface area contributed by atoms with Crippen LogP contribution >= 0.6 is 0 Å². The lowest BCUT2D eigenvalue weighted by atomic mass is 9.69. The van der Waals surface area contributed by atoms with Crippen molar-refractivity contribution in [1.82, 2.24) is 0 Å². The lowest BCUT2D eigenvalue weighted by molar-refractivity contribution is 0.192. The highest BCUT2D eigenvalue weighted by atomic mass is 14.3. The summed E-state index contributed by atoms with van der Waals surface area (Å²) in [4.78, 5) is 0. The molecule has 0 N–H and O–H groups in total. The fourth-order valence-corrected chi connectivity index (χ4v) is 4.53. The molecule has 0 aliphatic heterocycles. The van der Waals surface area contributed by atoms with Gasteiger partial charge >= 0.3 is 0 Å². The highest BCUT2D eigenvalue weighted by Gasteiger charge is 2.29. The first-order chi connectivity index (χ1) is 9.10. The SMILES string of the molecule is CCCC1CCC(C[C@H]2C=C(C)C[C@@H](C)C2C)CC1. The molecular formula is C19H34. The van der Waals surface area contributed by atoms with Gasteiger partial charge in [0.15, 0.2) is 0 Å². The van der Waals surface area contributed by atoms with Gasteiger partial charge in [0.05, 0.1) is 0 Å². The highest BCUT2D eigenvalue weighted by Crippen LogP contribution is 2.41. The topological polar surface area (TPSA) is 0 Å². The van der Waals surface area contributed by atoms with Crippen LogP contribution in [0.25, 0.3) is 0 Å². The molecule has 3 atom stereocenters. The monoisotopic (exact) mass is 262 g/mol. The van der Waals surface area contributed by atoms with Crippen molar-refractivity contribution in [1.29, 1.82) is 0 Å². The van der Waals surface area contributed by atoms with Gasteiger partial charge in [-0.3, -0.25) is 0 Å². The van der Waals surface area contributed by atoms with Crippen molar-refractivity contribution < 1.29 is 0 Å². The quantitative estimate of drug-likeness (QED) is 0.527. The first-order valence-electron chi connectivity index (χ1n) is 8.77. The molecule has 0 aromatic heterocycles. The van der Waals surface area contributed by atoms with Crippen molar-refractivity contribution in [3.8, 4) is 0 Å². The Balaban J connectivity index is 1.83. The standard InChI is InChI=1S/C19H34/c1-5-6-17-7-9-18(10-8-17)13-19-12-14(2)11-15(3)16(19)4/h12,15-19H,5-11,13H2,1-4H3/t15-,16?,17?,18?,19-/m1/s1. The van der Waals surface area contributed by atoms with Crippen LogP contribution in [0, 0.1) is 29.6 Å². The molecule has 0 bridgehead atoms. The Kier molecular flexibility index (Phi) is 5.54. The van der Waals surface area contributed by atoms with E-state index in [2.05, 4.69) is 33.8 Å². The van der Waals surface area contributed by atoms with Crippen molar-refractivity contribution >= 4 is 0 Å². The minimum absolute atomic E-state index is 0.872. The zero-order chi connectivity index (χ0) is 13.8. The Labute approximate surface area is 121 Å². The molecule has 19 heavy (non-hydrogen) atoms. The maximum atomic E-state index is 2.61. The van der Waals surface area contributed by atoms with E-state index in [0.29, 0.717) is 0 Å². The first-order valence-corrected chi connectivity index (χ1v) is 8.77. The maximum Gasteiger partial charge on any atom is -0.0200 e. The Morgan fingerprint density at radius 2 is 1.68 bits per heavy atom. The van der Waals surface area contributed by atoms with Crippen LogP contribution in [0.3, 0.4) is 0 Å². The Morgan fingerprint density at radius 3 is 2.32 bits per heavy atom. The van der Waals surface area contributed by atoms with Gasteiger partial charge in [-0.15, -0.1) is 0 Å². The third kappa shape index (κ3) is 4.10.